The smallest absolute Gasteiger partial charge is 0.238 e. The highest BCUT2D eigenvalue weighted by Crippen LogP contribution is 2.27. The lowest BCUT2D eigenvalue weighted by molar-refractivity contribution is 0.598. The molecular formula is C13H22N4O2S3. The molecule has 124 valence electrons. The van der Waals surface area contributed by atoms with Crippen LogP contribution in [-0.2, 0) is 10.0 Å². The Balaban J connectivity index is 2.88. The van der Waals surface area contributed by atoms with Crippen molar-refractivity contribution in [3.8, 4) is 0 Å². The van der Waals surface area contributed by atoms with Crippen molar-refractivity contribution in [1.82, 2.24) is 5.32 Å². The predicted octanol–water partition coefficient (Wildman–Crippen LogP) is 1.44. The Labute approximate surface area is 141 Å². The van der Waals surface area contributed by atoms with Crippen molar-refractivity contribution >= 4 is 50.5 Å². The third-order valence-electron chi connectivity index (χ3n) is 2.84. The van der Waals surface area contributed by atoms with Gasteiger partial charge in [0.05, 0.1) is 16.3 Å². The lowest BCUT2D eigenvalue weighted by Crippen LogP contribution is -2.30. The van der Waals surface area contributed by atoms with Crippen molar-refractivity contribution in [2.45, 2.75) is 11.3 Å². The number of nitrogens with one attached hydrogen (secondary N) is 2. The zero-order chi connectivity index (χ0) is 16.8. The molecule has 0 spiro atoms. The van der Waals surface area contributed by atoms with E-state index in [1.807, 2.05) is 19.0 Å². The van der Waals surface area contributed by atoms with Gasteiger partial charge in [-0.2, -0.15) is 11.8 Å². The number of nitrogens with zero attached hydrogens (tertiary/aromatic N) is 1. The maximum absolute atomic E-state index is 11.5. The summed E-state index contributed by atoms with van der Waals surface area (Å²) in [7, 11) is -0.0185. The van der Waals surface area contributed by atoms with Crippen LogP contribution in [0.1, 0.15) is 6.42 Å². The van der Waals surface area contributed by atoms with E-state index in [4.69, 9.17) is 17.4 Å². The second kappa shape index (κ2) is 8.56. The van der Waals surface area contributed by atoms with Crippen LogP contribution in [0.5, 0.6) is 0 Å². The summed E-state index contributed by atoms with van der Waals surface area (Å²) in [5.74, 6) is 1.06. The molecule has 0 heterocycles. The quantitative estimate of drug-likeness (QED) is 0.500. The van der Waals surface area contributed by atoms with Crippen LogP contribution in [0.2, 0.25) is 0 Å². The first kappa shape index (κ1) is 19.0. The molecule has 0 bridgehead atoms. The van der Waals surface area contributed by atoms with Crippen molar-refractivity contribution in [2.24, 2.45) is 5.14 Å². The fourth-order valence-corrected chi connectivity index (χ4v) is 2.95. The van der Waals surface area contributed by atoms with Gasteiger partial charge in [0.25, 0.3) is 0 Å². The van der Waals surface area contributed by atoms with Crippen molar-refractivity contribution in [2.75, 3.05) is 42.9 Å². The molecule has 0 saturated carbocycles. The number of rotatable bonds is 7. The third-order valence-corrected chi connectivity index (χ3v) is 4.69. The van der Waals surface area contributed by atoms with Gasteiger partial charge in [-0.1, -0.05) is 0 Å². The number of anilines is 2. The van der Waals surface area contributed by atoms with Gasteiger partial charge >= 0.3 is 0 Å². The molecule has 0 aromatic heterocycles. The van der Waals surface area contributed by atoms with Crippen LogP contribution in [-0.4, -0.2) is 46.2 Å². The van der Waals surface area contributed by atoms with Crippen LogP contribution in [0.15, 0.2) is 23.1 Å². The van der Waals surface area contributed by atoms with Gasteiger partial charge in [0.2, 0.25) is 10.0 Å². The van der Waals surface area contributed by atoms with E-state index in [2.05, 4.69) is 16.9 Å². The molecule has 0 unspecified atom stereocenters. The number of hydrogen-bond donors (Lipinski definition) is 3. The van der Waals surface area contributed by atoms with Crippen LogP contribution in [0.25, 0.3) is 0 Å². The van der Waals surface area contributed by atoms with E-state index in [0.29, 0.717) is 10.8 Å². The average molecular weight is 363 g/mol. The monoisotopic (exact) mass is 362 g/mol. The Hall–Kier alpha value is -1.03. The van der Waals surface area contributed by atoms with Crippen LogP contribution >= 0.6 is 24.0 Å². The predicted molar refractivity (Wildman–Crippen MR) is 99.4 cm³/mol. The maximum Gasteiger partial charge on any atom is 0.238 e. The Morgan fingerprint density at radius 1 is 1.41 bits per heavy atom. The molecule has 1 aromatic carbocycles. The molecule has 0 fully saturated rings. The molecule has 0 aliphatic heterocycles. The largest absolute Gasteiger partial charge is 0.376 e. The number of thioether (sulfide) groups is 1. The number of thiocarbonyl (C=S) groups is 1. The average Bonchev–Trinajstić information content (AvgIpc) is 2.42. The van der Waals surface area contributed by atoms with Gasteiger partial charge in [-0.05, 0) is 48.8 Å². The van der Waals surface area contributed by atoms with E-state index < -0.39 is 10.0 Å². The molecule has 0 radical (unpaired) electrons. The second-order valence-corrected chi connectivity index (χ2v) is 7.80. The van der Waals surface area contributed by atoms with Gasteiger partial charge in [0.15, 0.2) is 5.11 Å². The van der Waals surface area contributed by atoms with Gasteiger partial charge in [-0.25, -0.2) is 13.6 Å². The van der Waals surface area contributed by atoms with Crippen molar-refractivity contribution in [3.05, 3.63) is 18.2 Å². The topological polar surface area (TPSA) is 87.5 Å². The van der Waals surface area contributed by atoms with Gasteiger partial charge < -0.3 is 15.5 Å². The van der Waals surface area contributed by atoms with E-state index in [1.165, 1.54) is 12.1 Å². The Morgan fingerprint density at radius 3 is 2.64 bits per heavy atom. The van der Waals surface area contributed by atoms with E-state index in [0.717, 1.165) is 24.4 Å². The molecular weight excluding hydrogens is 340 g/mol. The van der Waals surface area contributed by atoms with E-state index >= 15 is 0 Å². The summed E-state index contributed by atoms with van der Waals surface area (Å²) < 4.78 is 23.0. The molecule has 22 heavy (non-hydrogen) atoms. The van der Waals surface area contributed by atoms with Crippen molar-refractivity contribution in [3.63, 3.8) is 0 Å². The minimum absolute atomic E-state index is 0.0470. The molecule has 0 saturated heterocycles. The first-order valence-electron chi connectivity index (χ1n) is 6.63. The Morgan fingerprint density at radius 2 is 2.09 bits per heavy atom. The highest BCUT2D eigenvalue weighted by Gasteiger charge is 2.13. The lowest BCUT2D eigenvalue weighted by atomic mass is 10.2. The summed E-state index contributed by atoms with van der Waals surface area (Å²) in [6.07, 6.45) is 3.05. The Bertz CT molecular complexity index is 618. The standard InChI is InChI=1S/C13H22N4O2S3/c1-17(2)12-6-5-10(22(14,18)19)9-11(12)16-13(20)15-7-4-8-21-3/h5-6,9H,4,7-8H2,1-3H3,(H2,14,18,19)(H2,15,16,20). The van der Waals surface area contributed by atoms with Crippen LogP contribution in [0, 0.1) is 0 Å². The first-order chi connectivity index (χ1) is 10.3. The Kier molecular flexibility index (Phi) is 7.40. The molecule has 6 nitrogen and oxygen atoms in total. The molecule has 0 amide bonds. The minimum atomic E-state index is -3.75. The molecule has 0 aliphatic rings. The molecule has 0 atom stereocenters. The number of benzene rings is 1. The van der Waals surface area contributed by atoms with Crippen LogP contribution in [0.3, 0.4) is 0 Å². The van der Waals surface area contributed by atoms with E-state index in [9.17, 15) is 8.42 Å². The number of hydrogen-bond acceptors (Lipinski definition) is 5. The number of nitrogens with two attached hydrogens (primary N) is 1. The fraction of sp³-hybridized carbons (Fsp3) is 0.462. The van der Waals surface area contributed by atoms with Gasteiger partial charge in [-0.3, -0.25) is 0 Å². The van der Waals surface area contributed by atoms with Crippen molar-refractivity contribution < 1.29 is 8.42 Å². The second-order valence-electron chi connectivity index (χ2n) is 4.85. The lowest BCUT2D eigenvalue weighted by Gasteiger charge is -2.20. The summed E-state index contributed by atoms with van der Waals surface area (Å²) in [5.41, 5.74) is 1.42. The number of primary sulfonamides is 1. The zero-order valence-electron chi connectivity index (χ0n) is 12.9. The number of sulfonamides is 1. The summed E-state index contributed by atoms with van der Waals surface area (Å²) in [6.45, 7) is 0.763. The van der Waals surface area contributed by atoms with Gasteiger partial charge in [0.1, 0.15) is 0 Å². The molecule has 1 aromatic rings. The van der Waals surface area contributed by atoms with Gasteiger partial charge in [-0.15, -0.1) is 0 Å². The summed E-state index contributed by atoms with van der Waals surface area (Å²) in [4.78, 5) is 1.91. The van der Waals surface area contributed by atoms with E-state index in [-0.39, 0.29) is 4.90 Å². The summed E-state index contributed by atoms with van der Waals surface area (Å²) >= 11 is 7.02. The van der Waals surface area contributed by atoms with Crippen LogP contribution in [0.4, 0.5) is 11.4 Å². The normalized spacial score (nSPS) is 11.1. The molecule has 9 heteroatoms. The maximum atomic E-state index is 11.5. The van der Waals surface area contributed by atoms with E-state index in [1.54, 1.807) is 17.8 Å². The van der Waals surface area contributed by atoms with Gasteiger partial charge in [0, 0.05) is 20.6 Å². The fourth-order valence-electron chi connectivity index (χ4n) is 1.77. The molecule has 1 rings (SSSR count). The van der Waals surface area contributed by atoms with Crippen molar-refractivity contribution in [1.29, 1.82) is 0 Å². The van der Waals surface area contributed by atoms with Crippen LogP contribution < -0.4 is 20.7 Å². The molecule has 4 N–H and O–H groups in total. The summed E-state index contributed by atoms with van der Waals surface area (Å²) in [6, 6.07) is 4.66. The highest BCUT2D eigenvalue weighted by atomic mass is 32.2. The molecule has 0 aliphatic carbocycles. The highest BCUT2D eigenvalue weighted by molar-refractivity contribution is 7.98. The third kappa shape index (κ3) is 5.99. The SMILES string of the molecule is CSCCCNC(=S)Nc1cc(S(N)(=O)=O)ccc1N(C)C. The first-order valence-corrected chi connectivity index (χ1v) is 9.98. The minimum Gasteiger partial charge on any atom is -0.376 e. The zero-order valence-corrected chi connectivity index (χ0v) is 15.4. The summed E-state index contributed by atoms with van der Waals surface area (Å²) in [5, 5.41) is 11.8.